The van der Waals surface area contributed by atoms with E-state index in [1.54, 1.807) is 20.9 Å². The van der Waals surface area contributed by atoms with Gasteiger partial charge in [0.05, 0.1) is 34.4 Å². The fraction of sp³-hybridized carbons (Fsp3) is 0.231. The van der Waals surface area contributed by atoms with E-state index in [1.165, 1.54) is 22.9 Å². The number of rotatable bonds is 3. The smallest absolute Gasteiger partial charge is 0.265 e. The van der Waals surface area contributed by atoms with E-state index in [2.05, 4.69) is 9.82 Å². The summed E-state index contributed by atoms with van der Waals surface area (Å²) in [5.74, 6) is 0. The molecule has 0 aliphatic heterocycles. The Kier molecular flexibility index (Phi) is 3.61. The second-order valence-electron chi connectivity index (χ2n) is 4.64. The van der Waals surface area contributed by atoms with Crippen LogP contribution in [0.25, 0.3) is 0 Å². The Balaban J connectivity index is 2.45. The normalized spacial score (nSPS) is 11.1. The Morgan fingerprint density at radius 3 is 2.52 bits per heavy atom. The van der Waals surface area contributed by atoms with Gasteiger partial charge in [-0.25, -0.2) is 8.42 Å². The van der Waals surface area contributed by atoms with Gasteiger partial charge in [-0.1, -0.05) is 0 Å². The highest BCUT2D eigenvalue weighted by molar-refractivity contribution is 7.92. The van der Waals surface area contributed by atoms with E-state index in [4.69, 9.17) is 11.0 Å². The lowest BCUT2D eigenvalue weighted by atomic mass is 10.2. The summed E-state index contributed by atoms with van der Waals surface area (Å²) in [5, 5.41) is 12.9. The largest absolute Gasteiger partial charge is 0.397 e. The molecule has 0 fully saturated rings. The first-order chi connectivity index (χ1) is 9.76. The lowest BCUT2D eigenvalue weighted by Crippen LogP contribution is -2.16. The zero-order valence-corrected chi connectivity index (χ0v) is 12.7. The van der Waals surface area contributed by atoms with Crippen molar-refractivity contribution >= 4 is 21.4 Å². The second-order valence-corrected chi connectivity index (χ2v) is 6.26. The molecule has 0 amide bonds. The van der Waals surface area contributed by atoms with Crippen molar-refractivity contribution in [3.63, 3.8) is 0 Å². The molecular formula is C13H15N5O2S. The van der Waals surface area contributed by atoms with Gasteiger partial charge in [0.15, 0.2) is 0 Å². The number of hydrogen-bond donors (Lipinski definition) is 2. The first kappa shape index (κ1) is 14.9. The summed E-state index contributed by atoms with van der Waals surface area (Å²) >= 11 is 0. The molecule has 0 unspecified atom stereocenters. The van der Waals surface area contributed by atoms with Gasteiger partial charge in [0.1, 0.15) is 4.90 Å². The number of nitriles is 1. The van der Waals surface area contributed by atoms with Crippen LogP contribution in [-0.2, 0) is 17.1 Å². The monoisotopic (exact) mass is 305 g/mol. The van der Waals surface area contributed by atoms with Crippen molar-refractivity contribution < 1.29 is 8.42 Å². The molecule has 2 rings (SSSR count). The third-order valence-electron chi connectivity index (χ3n) is 3.14. The van der Waals surface area contributed by atoms with Crippen LogP contribution in [-0.4, -0.2) is 18.2 Å². The van der Waals surface area contributed by atoms with Crippen LogP contribution in [0, 0.1) is 25.2 Å². The molecule has 1 aromatic heterocycles. The predicted octanol–water partition coefficient (Wildman–Crippen LogP) is 1.29. The van der Waals surface area contributed by atoms with E-state index < -0.39 is 10.0 Å². The number of nitrogens with two attached hydrogens (primary N) is 1. The minimum Gasteiger partial charge on any atom is -0.397 e. The molecule has 21 heavy (non-hydrogen) atoms. The minimum absolute atomic E-state index is 0.133. The van der Waals surface area contributed by atoms with Crippen LogP contribution < -0.4 is 10.5 Å². The predicted molar refractivity (Wildman–Crippen MR) is 79.1 cm³/mol. The van der Waals surface area contributed by atoms with Gasteiger partial charge < -0.3 is 5.73 Å². The number of sulfonamides is 1. The number of nitrogens with one attached hydrogen (secondary N) is 1. The standard InChI is InChI=1S/C13H15N5O2S/c1-8-13(9(2)18(3)16-8)21(19,20)17-12-5-4-10(7-14)6-11(12)15/h4-6,17H,15H2,1-3H3. The molecule has 0 spiro atoms. The summed E-state index contributed by atoms with van der Waals surface area (Å²) < 4.78 is 28.9. The molecule has 8 heteroatoms. The highest BCUT2D eigenvalue weighted by atomic mass is 32.2. The maximum Gasteiger partial charge on any atom is 0.265 e. The molecule has 0 atom stereocenters. The minimum atomic E-state index is -3.79. The van der Waals surface area contributed by atoms with Crippen LogP contribution in [0.4, 0.5) is 11.4 Å². The molecule has 0 saturated carbocycles. The maximum absolute atomic E-state index is 12.5. The van der Waals surface area contributed by atoms with Crippen LogP contribution >= 0.6 is 0 Å². The van der Waals surface area contributed by atoms with Crippen LogP contribution in [0.3, 0.4) is 0 Å². The van der Waals surface area contributed by atoms with Crippen molar-refractivity contribution in [3.05, 3.63) is 35.2 Å². The van der Waals surface area contributed by atoms with E-state index >= 15 is 0 Å². The van der Waals surface area contributed by atoms with Crippen LogP contribution in [0.15, 0.2) is 23.1 Å². The van der Waals surface area contributed by atoms with Gasteiger partial charge >= 0.3 is 0 Å². The third-order valence-corrected chi connectivity index (χ3v) is 4.75. The number of benzene rings is 1. The van der Waals surface area contributed by atoms with Crippen molar-refractivity contribution in [2.75, 3.05) is 10.5 Å². The first-order valence-electron chi connectivity index (χ1n) is 6.09. The summed E-state index contributed by atoms with van der Waals surface area (Å²) in [6.45, 7) is 3.31. The number of aryl methyl sites for hydroxylation is 2. The average molecular weight is 305 g/mol. The van der Waals surface area contributed by atoms with Gasteiger partial charge in [-0.15, -0.1) is 0 Å². The summed E-state index contributed by atoms with van der Waals surface area (Å²) in [4.78, 5) is 0.133. The molecule has 0 radical (unpaired) electrons. The fourth-order valence-electron chi connectivity index (χ4n) is 2.06. The summed E-state index contributed by atoms with van der Waals surface area (Å²) in [5.41, 5.74) is 7.50. The van der Waals surface area contributed by atoms with Crippen molar-refractivity contribution in [1.29, 1.82) is 5.26 Å². The van der Waals surface area contributed by atoms with Crippen molar-refractivity contribution in [3.8, 4) is 6.07 Å². The molecule has 3 N–H and O–H groups in total. The number of aromatic nitrogens is 2. The molecule has 0 bridgehead atoms. The van der Waals surface area contributed by atoms with Gasteiger partial charge in [0.2, 0.25) is 0 Å². The van der Waals surface area contributed by atoms with Gasteiger partial charge in [-0.2, -0.15) is 10.4 Å². The summed E-state index contributed by atoms with van der Waals surface area (Å²) in [6, 6.07) is 6.32. The van der Waals surface area contributed by atoms with E-state index in [-0.39, 0.29) is 16.3 Å². The fourth-order valence-corrected chi connectivity index (χ4v) is 3.59. The molecule has 1 aromatic carbocycles. The Morgan fingerprint density at radius 1 is 1.38 bits per heavy atom. The Labute approximate surface area is 123 Å². The third kappa shape index (κ3) is 2.68. The van der Waals surface area contributed by atoms with Crippen LogP contribution in [0.2, 0.25) is 0 Å². The number of hydrogen-bond acceptors (Lipinski definition) is 5. The van der Waals surface area contributed by atoms with E-state index in [0.717, 1.165) is 0 Å². The highest BCUT2D eigenvalue weighted by Gasteiger charge is 2.24. The lowest BCUT2D eigenvalue weighted by molar-refractivity contribution is 0.599. The molecule has 0 aliphatic carbocycles. The summed E-state index contributed by atoms with van der Waals surface area (Å²) in [6.07, 6.45) is 0. The van der Waals surface area contributed by atoms with Crippen LogP contribution in [0.5, 0.6) is 0 Å². The summed E-state index contributed by atoms with van der Waals surface area (Å²) in [7, 11) is -2.11. The van der Waals surface area contributed by atoms with Crippen LogP contribution in [0.1, 0.15) is 17.0 Å². The first-order valence-corrected chi connectivity index (χ1v) is 7.57. The van der Waals surface area contributed by atoms with Crippen molar-refractivity contribution in [2.24, 2.45) is 7.05 Å². The molecule has 110 valence electrons. The molecule has 0 aliphatic rings. The number of anilines is 2. The average Bonchev–Trinajstić information content (AvgIpc) is 2.66. The molecule has 7 nitrogen and oxygen atoms in total. The Morgan fingerprint density at radius 2 is 2.05 bits per heavy atom. The SMILES string of the molecule is Cc1nn(C)c(C)c1S(=O)(=O)Nc1ccc(C#N)cc1N. The van der Waals surface area contributed by atoms with Gasteiger partial charge in [0, 0.05) is 7.05 Å². The topological polar surface area (TPSA) is 114 Å². The van der Waals surface area contributed by atoms with Gasteiger partial charge in [0.25, 0.3) is 10.0 Å². The van der Waals surface area contributed by atoms with Gasteiger partial charge in [-0.3, -0.25) is 9.40 Å². The number of nitrogen functional groups attached to an aromatic ring is 1. The zero-order chi connectivity index (χ0) is 15.8. The molecule has 2 aromatic rings. The Hall–Kier alpha value is -2.53. The second kappa shape index (κ2) is 5.10. The lowest BCUT2D eigenvalue weighted by Gasteiger charge is -2.10. The quantitative estimate of drug-likeness (QED) is 0.829. The van der Waals surface area contributed by atoms with Gasteiger partial charge in [-0.05, 0) is 32.0 Å². The van der Waals surface area contributed by atoms with E-state index in [9.17, 15) is 8.42 Å². The maximum atomic E-state index is 12.5. The van der Waals surface area contributed by atoms with Crippen molar-refractivity contribution in [2.45, 2.75) is 18.7 Å². The molecule has 0 saturated heterocycles. The van der Waals surface area contributed by atoms with Crippen molar-refractivity contribution in [1.82, 2.24) is 9.78 Å². The van der Waals surface area contributed by atoms with E-state index in [0.29, 0.717) is 17.0 Å². The molecular weight excluding hydrogens is 290 g/mol. The number of nitrogens with zero attached hydrogens (tertiary/aromatic N) is 3. The zero-order valence-electron chi connectivity index (χ0n) is 11.9. The molecule has 1 heterocycles. The Bertz CT molecular complexity index is 846. The highest BCUT2D eigenvalue weighted by Crippen LogP contribution is 2.26. The van der Waals surface area contributed by atoms with E-state index in [1.807, 2.05) is 6.07 Å².